The van der Waals surface area contributed by atoms with Crippen molar-refractivity contribution in [1.82, 2.24) is 24.6 Å². The zero-order chi connectivity index (χ0) is 15.7. The molecule has 0 bridgehead atoms. The van der Waals surface area contributed by atoms with Crippen LogP contribution in [0.15, 0.2) is 30.5 Å². The van der Waals surface area contributed by atoms with Gasteiger partial charge in [-0.2, -0.15) is 5.10 Å². The van der Waals surface area contributed by atoms with E-state index in [1.807, 2.05) is 12.3 Å². The van der Waals surface area contributed by atoms with Gasteiger partial charge in [-0.3, -0.25) is 10.00 Å². The van der Waals surface area contributed by atoms with Crippen LogP contribution in [0.1, 0.15) is 37.0 Å². The summed E-state index contributed by atoms with van der Waals surface area (Å²) in [5.41, 5.74) is 4.64. The lowest BCUT2D eigenvalue weighted by molar-refractivity contribution is 0.303. The van der Waals surface area contributed by atoms with Gasteiger partial charge in [-0.1, -0.05) is 12.1 Å². The Morgan fingerprint density at radius 2 is 2.00 bits per heavy atom. The number of para-hydroxylation sites is 2. The SMILES string of the molecule is Cc1[nH]ncc1CN(C)Cc1nc2ccccc2n1C(C)C. The third-order valence-corrected chi connectivity index (χ3v) is 3.97. The van der Waals surface area contributed by atoms with Crippen LogP contribution in [-0.4, -0.2) is 31.7 Å². The highest BCUT2D eigenvalue weighted by Gasteiger charge is 2.15. The number of imidazole rings is 1. The van der Waals surface area contributed by atoms with Gasteiger partial charge in [0.2, 0.25) is 0 Å². The number of H-pyrrole nitrogens is 1. The van der Waals surface area contributed by atoms with Crippen LogP contribution in [0.3, 0.4) is 0 Å². The Kier molecular flexibility index (Phi) is 3.98. The molecule has 0 amide bonds. The van der Waals surface area contributed by atoms with Crippen molar-refractivity contribution in [3.63, 3.8) is 0 Å². The monoisotopic (exact) mass is 297 g/mol. The molecule has 0 saturated carbocycles. The van der Waals surface area contributed by atoms with Crippen molar-refractivity contribution >= 4 is 11.0 Å². The summed E-state index contributed by atoms with van der Waals surface area (Å²) < 4.78 is 2.33. The maximum atomic E-state index is 4.82. The Balaban J connectivity index is 1.87. The van der Waals surface area contributed by atoms with Crippen molar-refractivity contribution in [2.75, 3.05) is 7.05 Å². The van der Waals surface area contributed by atoms with E-state index in [0.29, 0.717) is 6.04 Å². The number of nitrogens with zero attached hydrogens (tertiary/aromatic N) is 4. The summed E-state index contributed by atoms with van der Waals surface area (Å²) in [6.07, 6.45) is 1.90. The van der Waals surface area contributed by atoms with Gasteiger partial charge >= 0.3 is 0 Å². The van der Waals surface area contributed by atoms with Gasteiger partial charge in [0, 0.05) is 23.8 Å². The number of aryl methyl sites for hydroxylation is 1. The Hall–Kier alpha value is -2.14. The fourth-order valence-corrected chi connectivity index (χ4v) is 2.91. The van der Waals surface area contributed by atoms with Gasteiger partial charge < -0.3 is 4.57 Å². The number of hydrogen-bond acceptors (Lipinski definition) is 3. The minimum atomic E-state index is 0.395. The molecule has 0 unspecified atom stereocenters. The first-order chi connectivity index (χ1) is 10.6. The Morgan fingerprint density at radius 1 is 1.23 bits per heavy atom. The highest BCUT2D eigenvalue weighted by Crippen LogP contribution is 2.22. The van der Waals surface area contributed by atoms with Crippen LogP contribution < -0.4 is 0 Å². The summed E-state index contributed by atoms with van der Waals surface area (Å²) in [5, 5.41) is 7.08. The Bertz CT molecular complexity index is 768. The van der Waals surface area contributed by atoms with Gasteiger partial charge in [-0.25, -0.2) is 4.98 Å². The van der Waals surface area contributed by atoms with Crippen LogP contribution in [0.25, 0.3) is 11.0 Å². The second kappa shape index (κ2) is 5.93. The van der Waals surface area contributed by atoms with Crippen molar-refractivity contribution in [3.8, 4) is 0 Å². The van der Waals surface area contributed by atoms with E-state index in [2.05, 4.69) is 65.7 Å². The smallest absolute Gasteiger partial charge is 0.124 e. The van der Waals surface area contributed by atoms with E-state index in [1.165, 1.54) is 11.1 Å². The summed E-state index contributed by atoms with van der Waals surface area (Å²) in [5.74, 6) is 1.11. The molecular weight excluding hydrogens is 274 g/mol. The van der Waals surface area contributed by atoms with Gasteiger partial charge in [-0.05, 0) is 40.0 Å². The number of fused-ring (bicyclic) bond motifs is 1. The molecule has 22 heavy (non-hydrogen) atoms. The minimum Gasteiger partial charge on any atom is -0.324 e. The van der Waals surface area contributed by atoms with Crippen LogP contribution >= 0.6 is 0 Å². The van der Waals surface area contributed by atoms with E-state index >= 15 is 0 Å². The first kappa shape index (κ1) is 14.8. The van der Waals surface area contributed by atoms with Gasteiger partial charge in [0.15, 0.2) is 0 Å². The Morgan fingerprint density at radius 3 is 2.68 bits per heavy atom. The molecule has 5 nitrogen and oxygen atoms in total. The second-order valence-corrected chi connectivity index (χ2v) is 6.17. The zero-order valence-electron chi connectivity index (χ0n) is 13.7. The molecule has 3 aromatic rings. The lowest BCUT2D eigenvalue weighted by atomic mass is 10.2. The van der Waals surface area contributed by atoms with Crippen LogP contribution in [0.2, 0.25) is 0 Å². The van der Waals surface area contributed by atoms with Gasteiger partial charge in [0.25, 0.3) is 0 Å². The van der Waals surface area contributed by atoms with Crippen LogP contribution in [-0.2, 0) is 13.1 Å². The molecule has 0 spiro atoms. The third-order valence-electron chi connectivity index (χ3n) is 3.97. The predicted molar refractivity (Wildman–Crippen MR) is 88.6 cm³/mol. The maximum absolute atomic E-state index is 4.82. The number of aromatic nitrogens is 4. The third kappa shape index (κ3) is 2.76. The summed E-state index contributed by atoms with van der Waals surface area (Å²) in [7, 11) is 2.12. The van der Waals surface area contributed by atoms with Crippen molar-refractivity contribution in [1.29, 1.82) is 0 Å². The lowest BCUT2D eigenvalue weighted by Gasteiger charge is -2.19. The fraction of sp³-hybridized carbons (Fsp3) is 0.412. The normalized spacial score (nSPS) is 11.9. The number of aromatic amines is 1. The molecule has 116 valence electrons. The largest absolute Gasteiger partial charge is 0.324 e. The first-order valence-corrected chi connectivity index (χ1v) is 7.69. The van der Waals surface area contributed by atoms with Crippen molar-refractivity contribution < 1.29 is 0 Å². The molecule has 1 aromatic carbocycles. The molecule has 2 heterocycles. The van der Waals surface area contributed by atoms with Crippen molar-refractivity contribution in [2.45, 2.75) is 39.9 Å². The number of rotatable bonds is 5. The fourth-order valence-electron chi connectivity index (χ4n) is 2.91. The quantitative estimate of drug-likeness (QED) is 0.786. The summed E-state index contributed by atoms with van der Waals surface area (Å²) in [6.45, 7) is 8.15. The van der Waals surface area contributed by atoms with Crippen molar-refractivity contribution in [2.24, 2.45) is 0 Å². The molecule has 0 aliphatic carbocycles. The van der Waals surface area contributed by atoms with Crippen molar-refractivity contribution in [3.05, 3.63) is 47.5 Å². The van der Waals surface area contributed by atoms with E-state index in [9.17, 15) is 0 Å². The van der Waals surface area contributed by atoms with Gasteiger partial charge in [0.1, 0.15) is 5.82 Å². The van der Waals surface area contributed by atoms with Crippen LogP contribution in [0.5, 0.6) is 0 Å². The van der Waals surface area contributed by atoms with Crippen LogP contribution in [0.4, 0.5) is 0 Å². The molecular formula is C17H23N5. The van der Waals surface area contributed by atoms with E-state index in [4.69, 9.17) is 4.98 Å². The van der Waals surface area contributed by atoms with E-state index in [0.717, 1.165) is 30.1 Å². The minimum absolute atomic E-state index is 0.395. The number of benzene rings is 1. The zero-order valence-corrected chi connectivity index (χ0v) is 13.7. The predicted octanol–water partition coefficient (Wildman–Crippen LogP) is 3.28. The van der Waals surface area contributed by atoms with E-state index in [1.54, 1.807) is 0 Å². The molecule has 0 fully saturated rings. The highest BCUT2D eigenvalue weighted by molar-refractivity contribution is 5.76. The molecule has 1 N–H and O–H groups in total. The molecule has 0 aliphatic heterocycles. The average Bonchev–Trinajstić information content (AvgIpc) is 3.02. The molecule has 2 aromatic heterocycles. The van der Waals surface area contributed by atoms with E-state index in [-0.39, 0.29) is 0 Å². The average molecular weight is 297 g/mol. The molecule has 0 radical (unpaired) electrons. The highest BCUT2D eigenvalue weighted by atomic mass is 15.2. The standard InChI is InChI=1S/C17H23N5/c1-12(2)22-16-8-6-5-7-15(16)19-17(22)11-21(4)10-14-9-18-20-13(14)3/h5-9,12H,10-11H2,1-4H3,(H,18,20). The first-order valence-electron chi connectivity index (χ1n) is 7.69. The lowest BCUT2D eigenvalue weighted by Crippen LogP contribution is -2.21. The number of hydrogen-bond donors (Lipinski definition) is 1. The topological polar surface area (TPSA) is 49.7 Å². The number of nitrogens with one attached hydrogen (secondary N) is 1. The van der Waals surface area contributed by atoms with Gasteiger partial charge in [-0.15, -0.1) is 0 Å². The molecule has 0 saturated heterocycles. The molecule has 0 aliphatic rings. The summed E-state index contributed by atoms with van der Waals surface area (Å²) in [4.78, 5) is 7.10. The molecule has 5 heteroatoms. The van der Waals surface area contributed by atoms with Crippen LogP contribution in [0, 0.1) is 6.92 Å². The summed E-state index contributed by atoms with van der Waals surface area (Å²) in [6, 6.07) is 8.74. The Labute approximate surface area is 131 Å². The second-order valence-electron chi connectivity index (χ2n) is 6.17. The van der Waals surface area contributed by atoms with Gasteiger partial charge in [0.05, 0.1) is 23.8 Å². The molecule has 3 rings (SSSR count). The summed E-state index contributed by atoms with van der Waals surface area (Å²) >= 11 is 0. The molecule has 0 atom stereocenters. The maximum Gasteiger partial charge on any atom is 0.124 e. The van der Waals surface area contributed by atoms with E-state index < -0.39 is 0 Å².